The number of nitrogens with zero attached hydrogens (tertiary/aromatic N) is 3. The first-order chi connectivity index (χ1) is 13.6. The Hall–Kier alpha value is -2.12. The molecule has 8 nitrogen and oxygen atoms in total. The van der Waals surface area contributed by atoms with Gasteiger partial charge in [0.25, 0.3) is 5.91 Å². The maximum atomic E-state index is 13.2. The Morgan fingerprint density at radius 1 is 1.00 bits per heavy atom. The Balaban J connectivity index is 1.59. The molecule has 0 bridgehead atoms. The van der Waals surface area contributed by atoms with Crippen molar-refractivity contribution in [2.24, 2.45) is 11.8 Å². The average Bonchev–Trinajstić information content (AvgIpc) is 2.91. The summed E-state index contributed by atoms with van der Waals surface area (Å²) < 4.78 is 0. The lowest BCUT2D eigenvalue weighted by Crippen LogP contribution is -2.57. The lowest BCUT2D eigenvalue weighted by atomic mass is 9.86. The molecule has 3 aliphatic rings. The van der Waals surface area contributed by atoms with Gasteiger partial charge in [-0.2, -0.15) is 0 Å². The second-order valence-electron chi connectivity index (χ2n) is 9.38. The van der Waals surface area contributed by atoms with E-state index in [-0.39, 0.29) is 35.7 Å². The first-order valence-corrected chi connectivity index (χ1v) is 10.9. The molecule has 0 saturated carbocycles. The van der Waals surface area contributed by atoms with Gasteiger partial charge in [0.1, 0.15) is 5.54 Å². The highest BCUT2D eigenvalue weighted by atomic mass is 16.2. The first kappa shape index (κ1) is 21.6. The van der Waals surface area contributed by atoms with Crippen LogP contribution in [0.4, 0.5) is 4.79 Å². The molecule has 0 atom stereocenters. The zero-order valence-corrected chi connectivity index (χ0v) is 18.1. The lowest BCUT2D eigenvalue weighted by Gasteiger charge is -2.39. The molecule has 3 saturated heterocycles. The molecule has 5 amide bonds. The number of carbonyl (C=O) groups is 4. The van der Waals surface area contributed by atoms with E-state index in [0.717, 1.165) is 0 Å². The standard InChI is InChI=1S/C21H34N4O4/c1-14(2)13-17(26)23-9-5-16(6-10-23)25-19(28)21(22-20(25)29)7-11-24(12-8-21)18(27)15(3)4/h14-16H,5-13H2,1-4H3,(H,22,29). The molecule has 0 radical (unpaired) electrons. The van der Waals surface area contributed by atoms with Gasteiger partial charge in [0.15, 0.2) is 0 Å². The van der Waals surface area contributed by atoms with Crippen molar-refractivity contribution in [2.75, 3.05) is 26.2 Å². The van der Waals surface area contributed by atoms with Crippen LogP contribution in [-0.4, -0.2) is 76.2 Å². The zero-order valence-electron chi connectivity index (χ0n) is 18.1. The number of piperidine rings is 2. The van der Waals surface area contributed by atoms with E-state index in [2.05, 4.69) is 5.32 Å². The number of amides is 5. The quantitative estimate of drug-likeness (QED) is 0.718. The van der Waals surface area contributed by atoms with Gasteiger partial charge in [-0.1, -0.05) is 27.7 Å². The van der Waals surface area contributed by atoms with E-state index in [1.807, 2.05) is 32.6 Å². The largest absolute Gasteiger partial charge is 0.343 e. The fourth-order valence-electron chi connectivity index (χ4n) is 4.64. The Morgan fingerprint density at radius 2 is 1.59 bits per heavy atom. The van der Waals surface area contributed by atoms with Crippen molar-refractivity contribution in [2.45, 2.75) is 71.4 Å². The second kappa shape index (κ2) is 8.32. The highest BCUT2D eigenvalue weighted by molar-refractivity contribution is 6.07. The van der Waals surface area contributed by atoms with Crippen LogP contribution in [0.2, 0.25) is 0 Å². The molecule has 0 aromatic carbocycles. The molecule has 1 N–H and O–H groups in total. The number of carbonyl (C=O) groups excluding carboxylic acids is 4. The van der Waals surface area contributed by atoms with E-state index < -0.39 is 5.54 Å². The zero-order chi connectivity index (χ0) is 21.3. The molecule has 3 rings (SSSR count). The van der Waals surface area contributed by atoms with Crippen molar-refractivity contribution in [3.63, 3.8) is 0 Å². The predicted octanol–water partition coefficient (Wildman–Crippen LogP) is 1.59. The van der Waals surface area contributed by atoms with Crippen LogP contribution in [0.25, 0.3) is 0 Å². The smallest absolute Gasteiger partial charge is 0.325 e. The molecule has 29 heavy (non-hydrogen) atoms. The molecule has 0 aromatic rings. The van der Waals surface area contributed by atoms with Crippen molar-refractivity contribution in [3.8, 4) is 0 Å². The molecule has 162 valence electrons. The van der Waals surface area contributed by atoms with Crippen LogP contribution >= 0.6 is 0 Å². The molecule has 0 aromatic heterocycles. The van der Waals surface area contributed by atoms with Crippen LogP contribution in [-0.2, 0) is 14.4 Å². The fourth-order valence-corrected chi connectivity index (χ4v) is 4.64. The Labute approximate surface area is 172 Å². The third kappa shape index (κ3) is 4.26. The second-order valence-corrected chi connectivity index (χ2v) is 9.38. The van der Waals surface area contributed by atoms with E-state index >= 15 is 0 Å². The van der Waals surface area contributed by atoms with E-state index in [1.165, 1.54) is 4.90 Å². The topological polar surface area (TPSA) is 90.0 Å². The van der Waals surface area contributed by atoms with Crippen LogP contribution in [0.1, 0.15) is 59.8 Å². The molecular formula is C21H34N4O4. The Kier molecular flexibility index (Phi) is 6.19. The van der Waals surface area contributed by atoms with Gasteiger partial charge in [0.05, 0.1) is 0 Å². The molecular weight excluding hydrogens is 372 g/mol. The maximum Gasteiger partial charge on any atom is 0.325 e. The summed E-state index contributed by atoms with van der Waals surface area (Å²) in [5.41, 5.74) is -0.880. The summed E-state index contributed by atoms with van der Waals surface area (Å²) in [5, 5.41) is 2.93. The molecule has 3 heterocycles. The van der Waals surface area contributed by atoms with Gasteiger partial charge in [-0.15, -0.1) is 0 Å². The van der Waals surface area contributed by atoms with Gasteiger partial charge >= 0.3 is 6.03 Å². The number of urea groups is 1. The highest BCUT2D eigenvalue weighted by Crippen LogP contribution is 2.33. The summed E-state index contributed by atoms with van der Waals surface area (Å²) in [7, 11) is 0. The summed E-state index contributed by atoms with van der Waals surface area (Å²) in [6.07, 6.45) is 2.69. The van der Waals surface area contributed by atoms with Gasteiger partial charge in [-0.05, 0) is 31.6 Å². The number of imide groups is 1. The normalized spacial score (nSPS) is 22.8. The molecule has 8 heteroatoms. The summed E-state index contributed by atoms with van der Waals surface area (Å²) in [5.74, 6) is 0.324. The van der Waals surface area contributed by atoms with Gasteiger partial charge in [-0.3, -0.25) is 19.3 Å². The summed E-state index contributed by atoms with van der Waals surface area (Å²) >= 11 is 0. The Morgan fingerprint density at radius 3 is 2.10 bits per heavy atom. The van der Waals surface area contributed by atoms with Gasteiger partial charge in [0, 0.05) is 44.6 Å². The number of hydrogen-bond donors (Lipinski definition) is 1. The molecule has 0 aliphatic carbocycles. The number of hydrogen-bond acceptors (Lipinski definition) is 4. The minimum atomic E-state index is -0.880. The third-order valence-electron chi connectivity index (χ3n) is 6.38. The SMILES string of the molecule is CC(C)CC(=O)N1CCC(N2C(=O)NC3(CCN(C(=O)C(C)C)CC3)C2=O)CC1. The summed E-state index contributed by atoms with van der Waals surface area (Å²) in [6.45, 7) is 9.92. The number of nitrogens with one attached hydrogen (secondary N) is 1. The molecule has 3 fully saturated rings. The van der Waals surface area contributed by atoms with E-state index in [4.69, 9.17) is 0 Å². The van der Waals surface area contributed by atoms with Gasteiger partial charge in [0.2, 0.25) is 11.8 Å². The lowest BCUT2D eigenvalue weighted by molar-refractivity contribution is -0.141. The maximum absolute atomic E-state index is 13.2. The third-order valence-corrected chi connectivity index (χ3v) is 6.38. The van der Waals surface area contributed by atoms with E-state index in [9.17, 15) is 19.2 Å². The van der Waals surface area contributed by atoms with Crippen LogP contribution in [0, 0.1) is 11.8 Å². The molecule has 1 spiro atoms. The minimum absolute atomic E-state index is 0.0713. The van der Waals surface area contributed by atoms with Crippen molar-refractivity contribution >= 4 is 23.8 Å². The van der Waals surface area contributed by atoms with Crippen molar-refractivity contribution in [3.05, 3.63) is 0 Å². The predicted molar refractivity (Wildman–Crippen MR) is 108 cm³/mol. The minimum Gasteiger partial charge on any atom is -0.343 e. The van der Waals surface area contributed by atoms with Crippen LogP contribution in [0.15, 0.2) is 0 Å². The number of rotatable bonds is 4. The van der Waals surface area contributed by atoms with Crippen LogP contribution in [0.5, 0.6) is 0 Å². The van der Waals surface area contributed by atoms with Crippen molar-refractivity contribution in [1.29, 1.82) is 0 Å². The summed E-state index contributed by atoms with van der Waals surface area (Å²) in [6, 6.07) is -0.495. The van der Waals surface area contributed by atoms with Crippen molar-refractivity contribution in [1.82, 2.24) is 20.0 Å². The Bertz CT molecular complexity index is 674. The summed E-state index contributed by atoms with van der Waals surface area (Å²) in [4.78, 5) is 55.4. The van der Waals surface area contributed by atoms with E-state index in [1.54, 1.807) is 4.90 Å². The average molecular weight is 407 g/mol. The van der Waals surface area contributed by atoms with Crippen molar-refractivity contribution < 1.29 is 19.2 Å². The van der Waals surface area contributed by atoms with Crippen LogP contribution < -0.4 is 5.32 Å². The first-order valence-electron chi connectivity index (χ1n) is 10.9. The molecule has 3 aliphatic heterocycles. The van der Waals surface area contributed by atoms with E-state index in [0.29, 0.717) is 64.2 Å². The highest BCUT2D eigenvalue weighted by Gasteiger charge is 2.54. The van der Waals surface area contributed by atoms with Gasteiger partial charge in [-0.25, -0.2) is 4.79 Å². The molecule has 0 unspecified atom stereocenters. The number of likely N-dealkylation sites (tertiary alicyclic amines) is 2. The van der Waals surface area contributed by atoms with Gasteiger partial charge < -0.3 is 15.1 Å². The fraction of sp³-hybridized carbons (Fsp3) is 0.810. The van der Waals surface area contributed by atoms with Crippen LogP contribution in [0.3, 0.4) is 0 Å². The monoisotopic (exact) mass is 406 g/mol.